The first-order valence-electron chi connectivity index (χ1n) is 18.0. The summed E-state index contributed by atoms with van der Waals surface area (Å²) in [6.07, 6.45) is 0. The highest BCUT2D eigenvalue weighted by Crippen LogP contribution is 1.99. The van der Waals surface area contributed by atoms with Crippen LogP contribution in [0.4, 0.5) is 0 Å². The predicted molar refractivity (Wildman–Crippen MR) is 227 cm³/mol. The molecule has 8 atom stereocenters. The number of nitrogens with two attached hydrogens (primary N) is 8. The van der Waals surface area contributed by atoms with E-state index < -0.39 is 109 Å². The molecule has 366 valence electrons. The van der Waals surface area contributed by atoms with Crippen molar-refractivity contribution in [3.63, 3.8) is 0 Å². The molecule has 0 fully saturated rings. The molecule has 0 saturated carbocycles. The summed E-state index contributed by atoms with van der Waals surface area (Å²) in [5.41, 5.74) is 40.3. The van der Waals surface area contributed by atoms with E-state index in [9.17, 15) is 38.4 Å². The van der Waals surface area contributed by atoms with Crippen LogP contribution in [-0.4, -0.2) is 166 Å². The largest absolute Gasteiger partial charge is 0.480 e. The quantitative estimate of drug-likeness (QED) is 0.0665. The smallest absolute Gasteiger partial charge is 0.322 e. The van der Waals surface area contributed by atoms with Gasteiger partial charge in [0.25, 0.3) is 0 Å². The highest BCUT2D eigenvalue weighted by Gasteiger charge is 2.17. The Hall–Kier alpha value is -4.29. The zero-order chi connectivity index (χ0) is 51.2. The number of rotatable bonds is 16. The van der Waals surface area contributed by atoms with Crippen LogP contribution in [0.3, 0.4) is 0 Å². The first kappa shape index (κ1) is 74.2. The third kappa shape index (κ3) is 55.7. The van der Waals surface area contributed by atoms with Gasteiger partial charge in [0.15, 0.2) is 0 Å². The molecule has 0 bridgehead atoms. The van der Waals surface area contributed by atoms with Gasteiger partial charge < -0.3 is 96.9 Å². The fourth-order valence-electron chi connectivity index (χ4n) is 1.66. The summed E-state index contributed by atoms with van der Waals surface area (Å²) in [4.78, 5) is 79.1. The van der Waals surface area contributed by atoms with Gasteiger partial charge in [-0.25, -0.2) is 0 Å². The van der Waals surface area contributed by atoms with E-state index in [1.54, 1.807) is 69.2 Å². The van der Waals surface area contributed by atoms with Gasteiger partial charge in [-0.15, -0.1) is 0 Å². The summed E-state index contributed by atoms with van der Waals surface area (Å²) in [5, 5.41) is 80.9. The number of carboxylic acid groups (broad SMARTS) is 8. The number of aliphatic carboxylic acids is 8. The Morgan fingerprint density at radius 1 is 0.328 bits per heavy atom. The average Bonchev–Trinajstić information content (AvgIpc) is 3.16. The number of carbonyl (C=O) groups is 8. The van der Waals surface area contributed by atoms with Gasteiger partial charge >= 0.3 is 47.8 Å². The Morgan fingerprint density at radius 2 is 0.459 bits per heavy atom. The van der Waals surface area contributed by atoms with E-state index in [0.717, 1.165) is 0 Å². The van der Waals surface area contributed by atoms with E-state index in [2.05, 4.69) is 12.6 Å². The molecule has 0 aliphatic heterocycles. The second-order valence-corrected chi connectivity index (χ2v) is 14.3. The van der Waals surface area contributed by atoms with Gasteiger partial charge in [-0.05, 0) is 29.6 Å². The Labute approximate surface area is 361 Å². The van der Waals surface area contributed by atoms with Crippen LogP contribution >= 0.6 is 12.6 Å². The molecule has 0 aromatic carbocycles. The van der Waals surface area contributed by atoms with E-state index >= 15 is 0 Å². The van der Waals surface area contributed by atoms with Crippen LogP contribution in [0.5, 0.6) is 0 Å². The maximum Gasteiger partial charge on any atom is 0.322 e. The second-order valence-electron chi connectivity index (χ2n) is 13.9. The molecule has 0 aromatic heterocycles. The third-order valence-corrected chi connectivity index (χ3v) is 6.95. The van der Waals surface area contributed by atoms with Crippen molar-refractivity contribution >= 4 is 60.4 Å². The first-order chi connectivity index (χ1) is 27.3. The molecule has 26 N–H and O–H groups in total. The summed E-state index contributed by atoms with van der Waals surface area (Å²) >= 11 is 3.65. The molecule has 0 spiro atoms. The standard InChI is InChI=1S/5C5H11NO2.2C3H7NO3.C3H7NO2S/c5*1-3(2)4(6)5(7)8;2*4-2(1-5)3(6)7;4-2(1-7)3(5)6/h5*3-4H,6H2,1-2H3,(H,7,8);2*2,5H,1,4H2,(H,6,7);2,7H,1,4H2,(H,5,6). The molecule has 0 aromatic rings. The van der Waals surface area contributed by atoms with Gasteiger partial charge in [0.2, 0.25) is 0 Å². The molecule has 61 heavy (non-hydrogen) atoms. The van der Waals surface area contributed by atoms with Gasteiger partial charge in [-0.3, -0.25) is 38.4 Å². The molecule has 0 rings (SSSR count). The molecule has 0 aliphatic carbocycles. The number of aliphatic hydroxyl groups excluding tert-OH is 2. The normalized spacial score (nSPS) is 13.8. The van der Waals surface area contributed by atoms with Crippen molar-refractivity contribution in [2.75, 3.05) is 19.0 Å². The van der Waals surface area contributed by atoms with Gasteiger partial charge in [0.1, 0.15) is 48.3 Å². The maximum absolute atomic E-state index is 10.0. The average molecular weight is 917 g/mol. The topological polar surface area (TPSA) is 547 Å². The van der Waals surface area contributed by atoms with Gasteiger partial charge in [0.05, 0.1) is 13.2 Å². The van der Waals surface area contributed by atoms with Crippen molar-refractivity contribution in [3.8, 4) is 0 Å². The van der Waals surface area contributed by atoms with E-state index in [1.807, 2.05) is 0 Å². The van der Waals surface area contributed by atoms with Crippen LogP contribution in [0, 0.1) is 29.6 Å². The lowest BCUT2D eigenvalue weighted by Crippen LogP contribution is -2.34. The third-order valence-electron chi connectivity index (χ3n) is 6.56. The Bertz CT molecular complexity index is 1030. The lowest BCUT2D eigenvalue weighted by atomic mass is 10.1. The Morgan fingerprint density at radius 3 is 0.459 bits per heavy atom. The molecule has 27 heteroatoms. The number of hydrogen-bond donors (Lipinski definition) is 19. The first-order valence-corrected chi connectivity index (χ1v) is 18.6. The van der Waals surface area contributed by atoms with Crippen LogP contribution in [-0.2, 0) is 38.4 Å². The maximum atomic E-state index is 10.0. The molecular weight excluding hydrogens is 840 g/mol. The summed E-state index contributed by atoms with van der Waals surface area (Å²) in [6, 6.07) is -6.63. The van der Waals surface area contributed by atoms with E-state index in [0.29, 0.717) is 0 Å². The SMILES string of the molecule is CC(C)C(N)C(=O)O.CC(C)C(N)C(=O)O.CC(C)C(N)C(=O)O.CC(C)C(N)C(=O)O.CC(C)C(N)C(=O)O.NC(CO)C(=O)O.NC(CO)C(=O)O.NC(CS)C(=O)O. The van der Waals surface area contributed by atoms with Crippen molar-refractivity contribution in [2.45, 2.75) is 118 Å². The summed E-state index contributed by atoms with van der Waals surface area (Å²) in [5.74, 6) is -7.72. The van der Waals surface area contributed by atoms with Crippen LogP contribution in [0.15, 0.2) is 0 Å². The summed E-state index contributed by atoms with van der Waals surface area (Å²) in [7, 11) is 0. The lowest BCUT2D eigenvalue weighted by Gasteiger charge is -2.07. The fraction of sp³-hybridized carbons (Fsp3) is 0.765. The number of hydrogen-bond acceptors (Lipinski definition) is 19. The monoisotopic (exact) mass is 916 g/mol. The van der Waals surface area contributed by atoms with E-state index in [4.69, 9.17) is 96.9 Å². The predicted octanol–water partition coefficient (Wildman–Crippen LogP) is -3.62. The van der Waals surface area contributed by atoms with Crippen molar-refractivity contribution < 1.29 is 89.4 Å². The minimum absolute atomic E-state index is 0.0208. The Kier molecular flexibility index (Phi) is 53.2. The zero-order valence-corrected chi connectivity index (χ0v) is 37.3. The Balaban J connectivity index is -0.0000000878. The summed E-state index contributed by atoms with van der Waals surface area (Å²) in [6.45, 7) is 16.8. The van der Waals surface area contributed by atoms with Gasteiger partial charge in [-0.1, -0.05) is 69.2 Å². The van der Waals surface area contributed by atoms with Crippen molar-refractivity contribution in [3.05, 3.63) is 0 Å². The molecule has 0 aliphatic rings. The zero-order valence-electron chi connectivity index (χ0n) is 36.4. The minimum Gasteiger partial charge on any atom is -0.480 e. The van der Waals surface area contributed by atoms with E-state index in [-0.39, 0.29) is 35.3 Å². The van der Waals surface area contributed by atoms with Crippen LogP contribution < -0.4 is 45.9 Å². The number of aliphatic hydroxyl groups is 2. The molecule has 0 amide bonds. The number of carboxylic acids is 8. The molecule has 26 nitrogen and oxygen atoms in total. The van der Waals surface area contributed by atoms with Crippen LogP contribution in [0.2, 0.25) is 0 Å². The lowest BCUT2D eigenvalue weighted by molar-refractivity contribution is -0.140. The summed E-state index contributed by atoms with van der Waals surface area (Å²) < 4.78 is 0. The van der Waals surface area contributed by atoms with Gasteiger partial charge in [-0.2, -0.15) is 12.6 Å². The molecular formula is C34H76N8O18S. The highest BCUT2D eigenvalue weighted by atomic mass is 32.1. The molecule has 0 radical (unpaired) electrons. The van der Waals surface area contributed by atoms with Crippen molar-refractivity contribution in [2.24, 2.45) is 75.5 Å². The van der Waals surface area contributed by atoms with Crippen LogP contribution in [0.1, 0.15) is 69.2 Å². The fourth-order valence-corrected chi connectivity index (χ4v) is 1.82. The van der Waals surface area contributed by atoms with Crippen molar-refractivity contribution in [1.29, 1.82) is 0 Å². The number of thiol groups is 1. The molecule has 8 unspecified atom stereocenters. The van der Waals surface area contributed by atoms with Crippen molar-refractivity contribution in [1.82, 2.24) is 0 Å². The van der Waals surface area contributed by atoms with E-state index in [1.165, 1.54) is 0 Å². The minimum atomic E-state index is -1.18. The molecule has 0 saturated heterocycles. The van der Waals surface area contributed by atoms with Crippen LogP contribution in [0.25, 0.3) is 0 Å². The second kappa shape index (κ2) is 43.8. The molecule has 0 heterocycles. The highest BCUT2D eigenvalue weighted by molar-refractivity contribution is 7.80. The van der Waals surface area contributed by atoms with Gasteiger partial charge in [0, 0.05) is 5.75 Å².